The number of hydrogen-bond acceptors (Lipinski definition) is 0. The van der Waals surface area contributed by atoms with Gasteiger partial charge in [0.1, 0.15) is 0 Å². The van der Waals surface area contributed by atoms with Crippen molar-refractivity contribution in [3.63, 3.8) is 0 Å². The van der Waals surface area contributed by atoms with Crippen LogP contribution in [0.2, 0.25) is 5.02 Å². The minimum absolute atomic E-state index is 0.592. The fraction of sp³-hybridized carbons (Fsp3) is 0.333. The van der Waals surface area contributed by atoms with Gasteiger partial charge in [-0.25, -0.2) is 0 Å². The second-order valence-electron chi connectivity index (χ2n) is 3.18. The summed E-state index contributed by atoms with van der Waals surface area (Å²) in [7, 11) is 0. The monoisotopic (exact) mass is 194 g/mol. The summed E-state index contributed by atoms with van der Waals surface area (Å²) in [6.07, 6.45) is 4.16. The van der Waals surface area contributed by atoms with Crippen LogP contribution < -0.4 is 0 Å². The first-order valence-electron chi connectivity index (χ1n) is 4.64. The van der Waals surface area contributed by atoms with Gasteiger partial charge in [-0.15, -0.1) is 6.58 Å². The van der Waals surface area contributed by atoms with E-state index < -0.39 is 0 Å². The van der Waals surface area contributed by atoms with Gasteiger partial charge in [0.2, 0.25) is 0 Å². The molecule has 0 amide bonds. The average molecular weight is 195 g/mol. The second kappa shape index (κ2) is 5.08. The molecule has 0 spiro atoms. The van der Waals surface area contributed by atoms with E-state index in [-0.39, 0.29) is 0 Å². The average Bonchev–Trinajstić information content (AvgIpc) is 2.16. The summed E-state index contributed by atoms with van der Waals surface area (Å²) in [6, 6.07) is 8.09. The molecule has 0 aliphatic rings. The molecule has 0 fully saturated rings. The highest BCUT2D eigenvalue weighted by Crippen LogP contribution is 2.24. The maximum atomic E-state index is 5.82. The molecule has 0 aliphatic heterocycles. The summed E-state index contributed by atoms with van der Waals surface area (Å²) >= 11 is 5.82. The van der Waals surface area contributed by atoms with Crippen LogP contribution in [-0.2, 0) is 0 Å². The molecule has 0 aliphatic carbocycles. The van der Waals surface area contributed by atoms with E-state index in [0.717, 1.165) is 17.9 Å². The van der Waals surface area contributed by atoms with Crippen molar-refractivity contribution < 1.29 is 0 Å². The largest absolute Gasteiger partial charge is 0.103 e. The third-order valence-corrected chi connectivity index (χ3v) is 2.54. The van der Waals surface area contributed by atoms with Gasteiger partial charge in [-0.3, -0.25) is 0 Å². The maximum Gasteiger partial charge on any atom is 0.0406 e. The highest BCUT2D eigenvalue weighted by molar-refractivity contribution is 6.30. The molecule has 0 bridgehead atoms. The molecule has 1 rings (SSSR count). The van der Waals surface area contributed by atoms with Crippen molar-refractivity contribution in [1.82, 2.24) is 0 Å². The predicted molar refractivity (Wildman–Crippen MR) is 59.3 cm³/mol. The molecular formula is C12H15Cl. The molecule has 0 radical (unpaired) electrons. The van der Waals surface area contributed by atoms with Crippen LogP contribution in [0.5, 0.6) is 0 Å². The van der Waals surface area contributed by atoms with E-state index >= 15 is 0 Å². The van der Waals surface area contributed by atoms with Crippen molar-refractivity contribution in [2.24, 2.45) is 0 Å². The van der Waals surface area contributed by atoms with Crippen LogP contribution in [0.1, 0.15) is 31.2 Å². The molecule has 0 heterocycles. The van der Waals surface area contributed by atoms with Gasteiger partial charge in [-0.1, -0.05) is 36.7 Å². The minimum atomic E-state index is 0.592. The Morgan fingerprint density at radius 2 is 2.00 bits per heavy atom. The van der Waals surface area contributed by atoms with E-state index in [1.807, 2.05) is 18.2 Å². The molecule has 70 valence electrons. The molecule has 1 aromatic rings. The molecule has 13 heavy (non-hydrogen) atoms. The van der Waals surface area contributed by atoms with Crippen LogP contribution in [0.15, 0.2) is 36.9 Å². The Morgan fingerprint density at radius 3 is 2.46 bits per heavy atom. The van der Waals surface area contributed by atoms with E-state index in [0.29, 0.717) is 5.92 Å². The lowest BCUT2D eigenvalue weighted by atomic mass is 9.93. The van der Waals surface area contributed by atoms with Gasteiger partial charge in [0.05, 0.1) is 0 Å². The van der Waals surface area contributed by atoms with Crippen LogP contribution >= 0.6 is 11.6 Å². The summed E-state index contributed by atoms with van der Waals surface area (Å²) in [4.78, 5) is 0. The molecule has 0 aromatic heterocycles. The second-order valence-corrected chi connectivity index (χ2v) is 3.62. The molecule has 0 saturated carbocycles. The van der Waals surface area contributed by atoms with Gasteiger partial charge in [-0.2, -0.15) is 0 Å². The standard InChI is InChI=1S/C12H15Cl/c1-3-5-10(4-2)11-6-8-12(13)9-7-11/h3,6-10H,1,4-5H2,2H3. The zero-order valence-corrected chi connectivity index (χ0v) is 8.72. The lowest BCUT2D eigenvalue weighted by Gasteiger charge is -2.12. The van der Waals surface area contributed by atoms with E-state index in [1.54, 1.807) is 0 Å². The van der Waals surface area contributed by atoms with Crippen molar-refractivity contribution in [2.75, 3.05) is 0 Å². The molecule has 1 aromatic carbocycles. The van der Waals surface area contributed by atoms with Gasteiger partial charge >= 0.3 is 0 Å². The quantitative estimate of drug-likeness (QED) is 0.623. The number of rotatable bonds is 4. The Hall–Kier alpha value is -0.750. The lowest BCUT2D eigenvalue weighted by molar-refractivity contribution is 0.675. The summed E-state index contributed by atoms with van der Waals surface area (Å²) in [6.45, 7) is 5.96. The number of allylic oxidation sites excluding steroid dienone is 1. The number of benzene rings is 1. The van der Waals surface area contributed by atoms with Crippen LogP contribution in [-0.4, -0.2) is 0 Å². The SMILES string of the molecule is C=CCC(CC)c1ccc(Cl)cc1. The third-order valence-electron chi connectivity index (χ3n) is 2.29. The Balaban J connectivity index is 2.78. The summed E-state index contributed by atoms with van der Waals surface area (Å²) in [5, 5.41) is 0.803. The zero-order valence-electron chi connectivity index (χ0n) is 7.96. The molecular weight excluding hydrogens is 180 g/mol. The first-order chi connectivity index (χ1) is 6.27. The van der Waals surface area contributed by atoms with Crippen molar-refractivity contribution in [1.29, 1.82) is 0 Å². The van der Waals surface area contributed by atoms with Crippen molar-refractivity contribution in [3.8, 4) is 0 Å². The highest BCUT2D eigenvalue weighted by atomic mass is 35.5. The van der Waals surface area contributed by atoms with Crippen LogP contribution in [0, 0.1) is 0 Å². The minimum Gasteiger partial charge on any atom is -0.103 e. The fourth-order valence-corrected chi connectivity index (χ4v) is 1.60. The molecule has 1 unspecified atom stereocenters. The Morgan fingerprint density at radius 1 is 1.38 bits per heavy atom. The van der Waals surface area contributed by atoms with E-state index in [9.17, 15) is 0 Å². The van der Waals surface area contributed by atoms with Crippen molar-refractivity contribution in [2.45, 2.75) is 25.7 Å². The smallest absolute Gasteiger partial charge is 0.0406 e. The predicted octanol–water partition coefficient (Wildman–Crippen LogP) is 4.41. The molecule has 1 heteroatoms. The van der Waals surface area contributed by atoms with E-state index in [1.165, 1.54) is 5.56 Å². The van der Waals surface area contributed by atoms with Crippen LogP contribution in [0.25, 0.3) is 0 Å². The van der Waals surface area contributed by atoms with Gasteiger partial charge in [0.25, 0.3) is 0 Å². The molecule has 0 N–H and O–H groups in total. The summed E-state index contributed by atoms with van der Waals surface area (Å²) in [5.74, 6) is 0.592. The number of hydrogen-bond donors (Lipinski definition) is 0. The van der Waals surface area contributed by atoms with E-state index in [2.05, 4.69) is 25.6 Å². The Kier molecular flexibility index (Phi) is 4.04. The third kappa shape index (κ3) is 2.89. The molecule has 0 saturated heterocycles. The van der Waals surface area contributed by atoms with Gasteiger partial charge < -0.3 is 0 Å². The first-order valence-corrected chi connectivity index (χ1v) is 5.02. The molecule has 1 atom stereocenters. The van der Waals surface area contributed by atoms with Gasteiger partial charge in [-0.05, 0) is 36.5 Å². The lowest BCUT2D eigenvalue weighted by Crippen LogP contribution is -1.94. The highest BCUT2D eigenvalue weighted by Gasteiger charge is 2.06. The van der Waals surface area contributed by atoms with Gasteiger partial charge in [0, 0.05) is 5.02 Å². The van der Waals surface area contributed by atoms with Gasteiger partial charge in [0.15, 0.2) is 0 Å². The van der Waals surface area contributed by atoms with Crippen LogP contribution in [0.3, 0.4) is 0 Å². The Labute approximate surface area is 85.2 Å². The van der Waals surface area contributed by atoms with Crippen molar-refractivity contribution in [3.05, 3.63) is 47.5 Å². The topological polar surface area (TPSA) is 0 Å². The van der Waals surface area contributed by atoms with E-state index in [4.69, 9.17) is 11.6 Å². The maximum absolute atomic E-state index is 5.82. The summed E-state index contributed by atoms with van der Waals surface area (Å²) < 4.78 is 0. The summed E-state index contributed by atoms with van der Waals surface area (Å²) in [5.41, 5.74) is 1.35. The van der Waals surface area contributed by atoms with Crippen LogP contribution in [0.4, 0.5) is 0 Å². The first kappa shape index (κ1) is 10.3. The van der Waals surface area contributed by atoms with Crippen molar-refractivity contribution >= 4 is 11.6 Å². The molecule has 0 nitrogen and oxygen atoms in total. The normalized spacial score (nSPS) is 12.5. The Bertz CT molecular complexity index is 261. The fourth-order valence-electron chi connectivity index (χ4n) is 1.47. The number of halogens is 1. The zero-order chi connectivity index (χ0) is 9.68.